The first-order valence-corrected chi connectivity index (χ1v) is 17.2. The first-order chi connectivity index (χ1) is 23.8. The zero-order valence-corrected chi connectivity index (χ0v) is 26.6. The summed E-state index contributed by atoms with van der Waals surface area (Å²) in [5.41, 5.74) is 12.6. The van der Waals surface area contributed by atoms with Crippen LogP contribution >= 0.6 is 0 Å². The molecule has 1 aromatic heterocycles. The van der Waals surface area contributed by atoms with Gasteiger partial charge in [-0.3, -0.25) is 4.98 Å². The Balaban J connectivity index is 1.15. The van der Waals surface area contributed by atoms with E-state index in [-0.39, 0.29) is 12.0 Å². The van der Waals surface area contributed by atoms with Gasteiger partial charge in [0.2, 0.25) is 0 Å². The zero-order chi connectivity index (χ0) is 31.6. The van der Waals surface area contributed by atoms with Crippen LogP contribution in [-0.2, 0) is 0 Å². The molecular weight excluding hydrogens is 581 g/mol. The summed E-state index contributed by atoms with van der Waals surface area (Å²) in [6.45, 7) is 0. The number of benzene rings is 6. The molecule has 0 radical (unpaired) electrons. The first kappa shape index (κ1) is 27.4. The molecule has 0 bridgehead atoms. The van der Waals surface area contributed by atoms with Crippen molar-refractivity contribution in [2.24, 2.45) is 5.92 Å². The molecule has 7 aromatic rings. The fourth-order valence-electron chi connectivity index (χ4n) is 8.23. The summed E-state index contributed by atoms with van der Waals surface area (Å²) < 4.78 is 0. The van der Waals surface area contributed by atoms with Crippen molar-refractivity contribution < 1.29 is 0 Å². The lowest BCUT2D eigenvalue weighted by atomic mass is 9.85. The summed E-state index contributed by atoms with van der Waals surface area (Å²) in [5.74, 6) is 1.02. The maximum Gasteiger partial charge on any atom is 0.0733 e. The maximum absolute atomic E-state index is 4.92. The highest BCUT2D eigenvalue weighted by Crippen LogP contribution is 2.51. The Morgan fingerprint density at radius 2 is 1.19 bits per heavy atom. The van der Waals surface area contributed by atoms with Gasteiger partial charge < -0.3 is 4.90 Å². The van der Waals surface area contributed by atoms with E-state index >= 15 is 0 Å². The minimum absolute atomic E-state index is 0.230. The van der Waals surface area contributed by atoms with E-state index in [1.807, 2.05) is 6.20 Å². The van der Waals surface area contributed by atoms with E-state index in [9.17, 15) is 0 Å². The van der Waals surface area contributed by atoms with Crippen molar-refractivity contribution in [3.8, 4) is 33.4 Å². The van der Waals surface area contributed by atoms with E-state index in [0.717, 1.165) is 5.92 Å². The fraction of sp³-hybridized carbons (Fsp3) is 0.109. The number of hydrogen-bond acceptors (Lipinski definition) is 2. The molecule has 228 valence electrons. The average molecular weight is 615 g/mol. The van der Waals surface area contributed by atoms with Gasteiger partial charge in [-0.15, -0.1) is 0 Å². The van der Waals surface area contributed by atoms with Crippen LogP contribution < -0.4 is 4.90 Å². The second-order valence-electron chi connectivity index (χ2n) is 13.4. The van der Waals surface area contributed by atoms with Crippen LogP contribution in [0.3, 0.4) is 0 Å². The Kier molecular flexibility index (Phi) is 6.23. The second-order valence-corrected chi connectivity index (χ2v) is 13.4. The standard InChI is InChI=1S/C46H34N2/c1-3-11-31(12-4-1)44-37-17-7-8-18-38(37)45(32-13-5-2-6-14-32)40-28-35(22-24-39(40)44)33-15-9-16-36(27-33)48-42-25-23-34(30-20-21-30)29-41(42)46-43(48)19-10-26-47-46/h1-19,22-30,41-42H,20-21H2. The molecule has 2 atom stereocenters. The van der Waals surface area contributed by atoms with Crippen molar-refractivity contribution in [1.82, 2.24) is 4.98 Å². The van der Waals surface area contributed by atoms with Gasteiger partial charge in [-0.1, -0.05) is 127 Å². The van der Waals surface area contributed by atoms with E-state index in [1.54, 1.807) is 0 Å². The van der Waals surface area contributed by atoms with Crippen LogP contribution in [0.15, 0.2) is 170 Å². The maximum atomic E-state index is 4.92. The highest BCUT2D eigenvalue weighted by molar-refractivity contribution is 6.22. The number of nitrogens with zero attached hydrogens (tertiary/aromatic N) is 2. The van der Waals surface area contributed by atoms with E-state index in [0.29, 0.717) is 0 Å². The number of pyridine rings is 1. The summed E-state index contributed by atoms with van der Waals surface area (Å²) in [5, 5.41) is 5.09. The predicted octanol–water partition coefficient (Wildman–Crippen LogP) is 11.9. The van der Waals surface area contributed by atoms with E-state index in [2.05, 4.69) is 163 Å². The highest BCUT2D eigenvalue weighted by Gasteiger charge is 2.41. The quantitative estimate of drug-likeness (QED) is 0.179. The SMILES string of the molecule is C1=CC2C(C=C1C1CC1)c1ncccc1N2c1cccc(-c2ccc3c(-c4ccccc4)c4ccccc4c(-c4ccccc4)c3c2)c1. The summed E-state index contributed by atoms with van der Waals surface area (Å²) in [6.07, 6.45) is 11.9. The molecule has 2 heterocycles. The van der Waals surface area contributed by atoms with Gasteiger partial charge in [0, 0.05) is 17.8 Å². The van der Waals surface area contributed by atoms with Gasteiger partial charge >= 0.3 is 0 Å². The molecule has 10 rings (SSSR count). The molecule has 1 saturated carbocycles. The normalized spacial score (nSPS) is 18.2. The molecule has 0 N–H and O–H groups in total. The van der Waals surface area contributed by atoms with Crippen LogP contribution in [0.25, 0.3) is 54.9 Å². The number of fused-ring (bicyclic) bond motifs is 5. The first-order valence-electron chi connectivity index (χ1n) is 17.2. The molecule has 6 aromatic carbocycles. The minimum Gasteiger partial charge on any atom is -0.332 e. The number of aromatic nitrogens is 1. The smallest absolute Gasteiger partial charge is 0.0733 e. The lowest BCUT2D eigenvalue weighted by molar-refractivity contribution is 0.718. The van der Waals surface area contributed by atoms with Gasteiger partial charge in [-0.05, 0) is 110 Å². The molecule has 1 aliphatic heterocycles. The lowest BCUT2D eigenvalue weighted by Crippen LogP contribution is -2.29. The minimum atomic E-state index is 0.230. The molecule has 1 fully saturated rings. The van der Waals surface area contributed by atoms with E-state index < -0.39 is 0 Å². The van der Waals surface area contributed by atoms with Crippen LogP contribution in [0.2, 0.25) is 0 Å². The third-order valence-electron chi connectivity index (χ3n) is 10.6. The second kappa shape index (κ2) is 10.9. The number of allylic oxidation sites excluding steroid dienone is 2. The van der Waals surface area contributed by atoms with Crippen LogP contribution in [0, 0.1) is 5.92 Å². The monoisotopic (exact) mass is 614 g/mol. The summed E-state index contributed by atoms with van der Waals surface area (Å²) in [4.78, 5) is 7.43. The lowest BCUT2D eigenvalue weighted by Gasteiger charge is -2.29. The molecule has 2 nitrogen and oxygen atoms in total. The molecule has 2 heteroatoms. The third-order valence-corrected chi connectivity index (χ3v) is 10.6. The van der Waals surface area contributed by atoms with Gasteiger partial charge in [0.1, 0.15) is 0 Å². The molecule has 0 saturated heterocycles. The Bertz CT molecular complexity index is 2420. The Hall–Kier alpha value is -5.73. The summed E-state index contributed by atoms with van der Waals surface area (Å²) in [7, 11) is 0. The van der Waals surface area contributed by atoms with Gasteiger partial charge in [-0.25, -0.2) is 0 Å². The molecular formula is C46H34N2. The molecule has 0 spiro atoms. The summed E-state index contributed by atoms with van der Waals surface area (Å²) in [6, 6.07) is 51.3. The van der Waals surface area contributed by atoms with Crippen molar-refractivity contribution in [1.29, 1.82) is 0 Å². The molecule has 3 aliphatic rings. The Labute approximate surface area is 281 Å². The van der Waals surface area contributed by atoms with E-state index in [4.69, 9.17) is 4.98 Å². The van der Waals surface area contributed by atoms with Crippen molar-refractivity contribution in [2.75, 3.05) is 4.90 Å². The molecule has 0 amide bonds. The van der Waals surface area contributed by atoms with Gasteiger partial charge in [-0.2, -0.15) is 0 Å². The third kappa shape index (κ3) is 4.37. The largest absolute Gasteiger partial charge is 0.332 e. The highest BCUT2D eigenvalue weighted by atomic mass is 15.2. The zero-order valence-electron chi connectivity index (χ0n) is 26.6. The predicted molar refractivity (Wildman–Crippen MR) is 201 cm³/mol. The molecule has 2 aliphatic carbocycles. The van der Waals surface area contributed by atoms with Gasteiger partial charge in [0.05, 0.1) is 17.4 Å². The average Bonchev–Trinajstić information content (AvgIpc) is 3.96. The Morgan fingerprint density at radius 3 is 1.92 bits per heavy atom. The summed E-state index contributed by atoms with van der Waals surface area (Å²) >= 11 is 0. The van der Waals surface area contributed by atoms with Crippen molar-refractivity contribution in [3.63, 3.8) is 0 Å². The Morgan fingerprint density at radius 1 is 0.542 bits per heavy atom. The fourth-order valence-corrected chi connectivity index (χ4v) is 8.23. The van der Waals surface area contributed by atoms with E-state index in [1.165, 1.54) is 90.4 Å². The molecule has 48 heavy (non-hydrogen) atoms. The van der Waals surface area contributed by atoms with Gasteiger partial charge in [0.25, 0.3) is 0 Å². The molecule has 2 unspecified atom stereocenters. The van der Waals surface area contributed by atoms with Gasteiger partial charge in [0.15, 0.2) is 0 Å². The van der Waals surface area contributed by atoms with Crippen LogP contribution in [0.4, 0.5) is 11.4 Å². The van der Waals surface area contributed by atoms with Crippen molar-refractivity contribution in [3.05, 3.63) is 175 Å². The van der Waals surface area contributed by atoms with Crippen molar-refractivity contribution >= 4 is 32.9 Å². The number of anilines is 2. The van der Waals surface area contributed by atoms with Crippen molar-refractivity contribution in [2.45, 2.75) is 24.8 Å². The van der Waals surface area contributed by atoms with Crippen LogP contribution in [0.5, 0.6) is 0 Å². The number of rotatable bonds is 5. The topological polar surface area (TPSA) is 16.1 Å². The van der Waals surface area contributed by atoms with Crippen LogP contribution in [-0.4, -0.2) is 11.0 Å². The van der Waals surface area contributed by atoms with Crippen LogP contribution in [0.1, 0.15) is 24.5 Å². The number of hydrogen-bond donors (Lipinski definition) is 0.